The average Bonchev–Trinajstić information content (AvgIpc) is 2.21. The molecular weight excluding hydrogens is 273 g/mol. The lowest BCUT2D eigenvalue weighted by Gasteiger charge is -2.16. The summed E-state index contributed by atoms with van der Waals surface area (Å²) >= 11 is 0. The first-order valence-corrected chi connectivity index (χ1v) is 7.14. The number of hydrogen-bond acceptors (Lipinski definition) is 4. The van der Waals surface area contributed by atoms with Gasteiger partial charge in [0.15, 0.2) is 0 Å². The molecule has 0 aliphatic heterocycles. The molecule has 0 bridgehead atoms. The molecule has 0 saturated heterocycles. The maximum atomic E-state index is 12.2. The fourth-order valence-corrected chi connectivity index (χ4v) is 2.65. The Morgan fingerprint density at radius 2 is 1.83 bits per heavy atom. The predicted molar refractivity (Wildman–Crippen MR) is 60.7 cm³/mol. The van der Waals surface area contributed by atoms with Gasteiger partial charge in [-0.3, -0.25) is 9.57 Å². The number of carboxylic acid groups (broad SMARTS) is 1. The molecule has 0 aliphatic rings. The van der Waals surface area contributed by atoms with E-state index in [0.717, 1.165) is 6.92 Å². The Morgan fingerprint density at radius 3 is 2.22 bits per heavy atom. The van der Waals surface area contributed by atoms with Gasteiger partial charge in [-0.2, -0.15) is 13.2 Å². The number of aliphatic carboxylic acids is 1. The molecule has 0 aliphatic carbocycles. The van der Waals surface area contributed by atoms with Crippen LogP contribution in [0.4, 0.5) is 13.2 Å². The van der Waals surface area contributed by atoms with E-state index in [-0.39, 0.29) is 12.2 Å². The first-order chi connectivity index (χ1) is 7.96. The van der Waals surface area contributed by atoms with Crippen LogP contribution in [0.15, 0.2) is 0 Å². The zero-order valence-corrected chi connectivity index (χ0v) is 10.7. The quantitative estimate of drug-likeness (QED) is 0.659. The maximum absolute atomic E-state index is 12.2. The van der Waals surface area contributed by atoms with E-state index in [2.05, 4.69) is 0 Å². The number of rotatable bonds is 7. The second-order valence-corrected chi connectivity index (χ2v) is 6.62. The molecule has 0 radical (unpaired) electrons. The highest BCUT2D eigenvalue weighted by atomic mass is 32.2. The van der Waals surface area contributed by atoms with Crippen molar-refractivity contribution in [3.8, 4) is 0 Å². The summed E-state index contributed by atoms with van der Waals surface area (Å²) < 4.78 is 55.5. The Bertz CT molecular complexity index is 381. The lowest BCUT2D eigenvalue weighted by Crippen LogP contribution is -2.32. The van der Waals surface area contributed by atoms with Gasteiger partial charge in [-0.25, -0.2) is 4.21 Å². The first kappa shape index (κ1) is 17.2. The maximum Gasteiger partial charge on any atom is 0.391 e. The number of carbonyl (C=O) groups is 1. The molecule has 0 spiro atoms. The van der Waals surface area contributed by atoms with Crippen molar-refractivity contribution in [1.29, 1.82) is 4.78 Å². The molecule has 108 valence electrons. The molecule has 0 aromatic heterocycles. The second-order valence-electron chi connectivity index (χ2n) is 4.18. The van der Waals surface area contributed by atoms with Gasteiger partial charge < -0.3 is 10.8 Å². The van der Waals surface area contributed by atoms with E-state index in [1.165, 1.54) is 0 Å². The monoisotopic (exact) mass is 290 g/mol. The van der Waals surface area contributed by atoms with Crippen LogP contribution in [0, 0.1) is 10.7 Å². The normalized spacial score (nSPS) is 18.9. The van der Waals surface area contributed by atoms with Crippen molar-refractivity contribution < 1.29 is 27.3 Å². The largest absolute Gasteiger partial charge is 0.480 e. The molecule has 3 atom stereocenters. The Balaban J connectivity index is 4.22. The van der Waals surface area contributed by atoms with Crippen LogP contribution >= 0.6 is 0 Å². The number of halogens is 3. The van der Waals surface area contributed by atoms with Crippen LogP contribution in [0.5, 0.6) is 0 Å². The van der Waals surface area contributed by atoms with E-state index in [4.69, 9.17) is 15.6 Å². The Labute approximate surface area is 104 Å². The smallest absolute Gasteiger partial charge is 0.391 e. The van der Waals surface area contributed by atoms with Crippen molar-refractivity contribution in [2.75, 3.05) is 11.5 Å². The molecule has 0 amide bonds. The minimum atomic E-state index is -4.37. The standard InChI is InChI=1S/C9H17F3N2O3S/c1-6(9(10,11)12)2-4-18(14,17)5-3-7(13)8(15)16/h6-7,14H,2-5,13H2,1H3,(H,15,16). The van der Waals surface area contributed by atoms with Crippen LogP contribution in [0.1, 0.15) is 19.8 Å². The topological polar surface area (TPSA) is 104 Å². The number of nitrogens with one attached hydrogen (secondary N) is 1. The van der Waals surface area contributed by atoms with Crippen LogP contribution in [-0.4, -0.2) is 39.0 Å². The molecule has 4 N–H and O–H groups in total. The molecule has 0 fully saturated rings. The summed E-state index contributed by atoms with van der Waals surface area (Å²) in [5.41, 5.74) is 5.16. The SMILES string of the molecule is CC(CCS(=N)(=O)CCC(N)C(=O)O)C(F)(F)F. The van der Waals surface area contributed by atoms with Gasteiger partial charge in [-0.05, 0) is 12.8 Å². The van der Waals surface area contributed by atoms with Crippen LogP contribution in [-0.2, 0) is 14.5 Å². The lowest BCUT2D eigenvalue weighted by atomic mass is 10.1. The van der Waals surface area contributed by atoms with E-state index in [1.807, 2.05) is 0 Å². The summed E-state index contributed by atoms with van der Waals surface area (Å²) in [4.78, 5) is 10.4. The molecular formula is C9H17F3N2O3S. The van der Waals surface area contributed by atoms with Crippen molar-refractivity contribution in [3.05, 3.63) is 0 Å². The van der Waals surface area contributed by atoms with E-state index in [0.29, 0.717) is 0 Å². The van der Waals surface area contributed by atoms with Crippen LogP contribution < -0.4 is 5.73 Å². The minimum absolute atomic E-state index is 0.182. The number of alkyl halides is 3. The fraction of sp³-hybridized carbons (Fsp3) is 0.889. The van der Waals surface area contributed by atoms with Gasteiger partial charge in [0.1, 0.15) is 6.04 Å². The van der Waals surface area contributed by atoms with Crippen molar-refractivity contribution in [1.82, 2.24) is 0 Å². The summed E-state index contributed by atoms with van der Waals surface area (Å²) in [6.07, 6.45) is -4.96. The minimum Gasteiger partial charge on any atom is -0.480 e. The van der Waals surface area contributed by atoms with Crippen molar-refractivity contribution in [2.45, 2.75) is 32.0 Å². The highest BCUT2D eigenvalue weighted by Crippen LogP contribution is 2.28. The van der Waals surface area contributed by atoms with E-state index in [1.54, 1.807) is 0 Å². The third-order valence-electron chi connectivity index (χ3n) is 2.52. The van der Waals surface area contributed by atoms with Crippen LogP contribution in [0.25, 0.3) is 0 Å². The number of nitrogens with two attached hydrogens (primary N) is 1. The van der Waals surface area contributed by atoms with E-state index in [9.17, 15) is 22.2 Å². The molecule has 0 rings (SSSR count). The molecule has 0 aromatic carbocycles. The van der Waals surface area contributed by atoms with Gasteiger partial charge in [-0.15, -0.1) is 0 Å². The molecule has 5 nitrogen and oxygen atoms in total. The fourth-order valence-electron chi connectivity index (χ4n) is 1.07. The molecule has 9 heteroatoms. The Morgan fingerprint density at radius 1 is 1.39 bits per heavy atom. The molecule has 0 heterocycles. The zero-order chi connectivity index (χ0) is 14.6. The summed E-state index contributed by atoms with van der Waals surface area (Å²) in [6.45, 7) is 0.957. The van der Waals surface area contributed by atoms with Gasteiger partial charge in [0.25, 0.3) is 0 Å². The highest BCUT2D eigenvalue weighted by Gasteiger charge is 2.35. The van der Waals surface area contributed by atoms with Crippen molar-refractivity contribution in [3.63, 3.8) is 0 Å². The van der Waals surface area contributed by atoms with E-state index < -0.39 is 46.0 Å². The van der Waals surface area contributed by atoms with Gasteiger partial charge >= 0.3 is 12.1 Å². The van der Waals surface area contributed by atoms with Crippen LogP contribution in [0.2, 0.25) is 0 Å². The Hall–Kier alpha value is -0.830. The second kappa shape index (κ2) is 6.37. The summed E-state index contributed by atoms with van der Waals surface area (Å²) in [5, 5.41) is 8.48. The average molecular weight is 290 g/mol. The third kappa shape index (κ3) is 6.80. The molecule has 3 unspecified atom stereocenters. The predicted octanol–water partition coefficient (Wildman–Crippen LogP) is 1.42. The summed E-state index contributed by atoms with van der Waals surface area (Å²) in [6, 6.07) is -1.24. The highest BCUT2D eigenvalue weighted by molar-refractivity contribution is 7.92. The van der Waals surface area contributed by atoms with Crippen molar-refractivity contribution in [2.24, 2.45) is 11.7 Å². The Kier molecular flexibility index (Phi) is 6.08. The van der Waals surface area contributed by atoms with Gasteiger partial charge in [-0.1, -0.05) is 6.92 Å². The van der Waals surface area contributed by atoms with Crippen LogP contribution in [0.3, 0.4) is 0 Å². The van der Waals surface area contributed by atoms with Gasteiger partial charge in [0, 0.05) is 21.2 Å². The van der Waals surface area contributed by atoms with E-state index >= 15 is 0 Å². The summed E-state index contributed by atoms with van der Waals surface area (Å²) in [7, 11) is -3.21. The molecule has 0 saturated carbocycles. The molecule has 18 heavy (non-hydrogen) atoms. The lowest BCUT2D eigenvalue weighted by molar-refractivity contribution is -0.169. The third-order valence-corrected chi connectivity index (χ3v) is 4.31. The van der Waals surface area contributed by atoms with Crippen molar-refractivity contribution >= 4 is 15.7 Å². The first-order valence-electron chi connectivity index (χ1n) is 5.25. The number of hydrogen-bond donors (Lipinski definition) is 3. The van der Waals surface area contributed by atoms with Gasteiger partial charge in [0.05, 0.1) is 5.92 Å². The summed E-state index contributed by atoms with van der Waals surface area (Å²) in [5.74, 6) is -3.61. The zero-order valence-electron chi connectivity index (χ0n) is 9.87. The van der Waals surface area contributed by atoms with Gasteiger partial charge in [0.2, 0.25) is 0 Å². The molecule has 0 aromatic rings. The number of carboxylic acids is 1.